The van der Waals surface area contributed by atoms with Gasteiger partial charge in [-0.05, 0) is 44.5 Å². The van der Waals surface area contributed by atoms with Crippen LogP contribution in [0.5, 0.6) is 0 Å². The van der Waals surface area contributed by atoms with E-state index >= 15 is 0 Å². The predicted molar refractivity (Wildman–Crippen MR) is 84.6 cm³/mol. The average Bonchev–Trinajstić information content (AvgIpc) is 2.45. The van der Waals surface area contributed by atoms with E-state index in [4.69, 9.17) is 0 Å². The monoisotopic (exact) mass is 314 g/mol. The molecule has 2 N–H and O–H groups in total. The quantitative estimate of drug-likeness (QED) is 0.767. The zero-order chi connectivity index (χ0) is 16.0. The summed E-state index contributed by atoms with van der Waals surface area (Å²) in [6, 6.07) is 7.14. The molecule has 21 heavy (non-hydrogen) atoms. The van der Waals surface area contributed by atoms with E-state index in [1.165, 1.54) is 11.4 Å². The topological polar surface area (TPSA) is 69.6 Å². The number of hydrogen-bond acceptors (Lipinski definition) is 4. The molecule has 0 aliphatic carbocycles. The van der Waals surface area contributed by atoms with Crippen molar-refractivity contribution in [3.8, 4) is 0 Å². The highest BCUT2D eigenvalue weighted by atomic mass is 32.2. The lowest BCUT2D eigenvalue weighted by Crippen LogP contribution is -2.29. The second kappa shape index (κ2) is 7.89. The fraction of sp³-hybridized carbons (Fsp3) is 0.600. The Kier molecular flexibility index (Phi) is 6.80. The summed E-state index contributed by atoms with van der Waals surface area (Å²) in [5.74, 6) is 0. The number of nitrogens with one attached hydrogen (secondary N) is 1. The van der Waals surface area contributed by atoms with Crippen LogP contribution in [0.3, 0.4) is 0 Å². The van der Waals surface area contributed by atoms with Gasteiger partial charge in [-0.3, -0.25) is 0 Å². The summed E-state index contributed by atoms with van der Waals surface area (Å²) in [6.07, 6.45) is -0.0864. The molecular weight excluding hydrogens is 288 g/mol. The van der Waals surface area contributed by atoms with Gasteiger partial charge in [0.2, 0.25) is 10.0 Å². The first-order chi connectivity index (χ1) is 9.78. The maximum atomic E-state index is 12.4. The SMILES string of the molecule is CCNC(C)c1ccc(S(=O)(=O)N(C)CCC(C)O)cc1. The molecule has 0 fully saturated rings. The minimum absolute atomic E-state index is 0.194. The zero-order valence-electron chi connectivity index (χ0n) is 13.2. The van der Waals surface area contributed by atoms with Crippen molar-refractivity contribution in [2.75, 3.05) is 20.1 Å². The Labute approximate surface area is 128 Å². The summed E-state index contributed by atoms with van der Waals surface area (Å²) in [5, 5.41) is 12.5. The van der Waals surface area contributed by atoms with Crippen LogP contribution in [0.25, 0.3) is 0 Å². The lowest BCUT2D eigenvalue weighted by molar-refractivity contribution is 0.177. The van der Waals surface area contributed by atoms with Gasteiger partial charge in [0, 0.05) is 19.6 Å². The van der Waals surface area contributed by atoms with Crippen LogP contribution in [0.15, 0.2) is 29.2 Å². The van der Waals surface area contributed by atoms with Gasteiger partial charge in [-0.1, -0.05) is 19.1 Å². The van der Waals surface area contributed by atoms with Crippen LogP contribution in [0, 0.1) is 0 Å². The van der Waals surface area contributed by atoms with E-state index < -0.39 is 16.1 Å². The Hall–Kier alpha value is -0.950. The van der Waals surface area contributed by atoms with Crippen molar-refractivity contribution in [3.05, 3.63) is 29.8 Å². The molecule has 0 heterocycles. The molecule has 0 aliphatic rings. The molecule has 0 bridgehead atoms. The molecule has 0 saturated carbocycles. The van der Waals surface area contributed by atoms with E-state index in [0.29, 0.717) is 13.0 Å². The Morgan fingerprint density at radius 3 is 2.29 bits per heavy atom. The summed E-state index contributed by atoms with van der Waals surface area (Å²) in [6.45, 7) is 6.89. The Balaban J connectivity index is 2.84. The fourth-order valence-corrected chi connectivity index (χ4v) is 3.21. The van der Waals surface area contributed by atoms with Crippen LogP contribution in [0.4, 0.5) is 0 Å². The maximum absolute atomic E-state index is 12.4. The van der Waals surface area contributed by atoms with E-state index in [9.17, 15) is 13.5 Å². The van der Waals surface area contributed by atoms with Crippen molar-refractivity contribution >= 4 is 10.0 Å². The van der Waals surface area contributed by atoms with Gasteiger partial charge in [-0.25, -0.2) is 12.7 Å². The molecule has 0 amide bonds. The second-order valence-electron chi connectivity index (χ2n) is 5.31. The molecule has 6 heteroatoms. The van der Waals surface area contributed by atoms with Gasteiger partial charge in [0.25, 0.3) is 0 Å². The molecule has 2 atom stereocenters. The molecule has 1 aromatic rings. The molecule has 0 aliphatic heterocycles. The number of aliphatic hydroxyl groups excluding tert-OH is 1. The van der Waals surface area contributed by atoms with Crippen LogP contribution < -0.4 is 5.32 Å². The first kappa shape index (κ1) is 18.1. The Morgan fingerprint density at radius 1 is 1.24 bits per heavy atom. The molecule has 120 valence electrons. The smallest absolute Gasteiger partial charge is 0.242 e. The number of benzene rings is 1. The van der Waals surface area contributed by atoms with E-state index in [1.807, 2.05) is 26.0 Å². The van der Waals surface area contributed by atoms with Gasteiger partial charge in [0.1, 0.15) is 0 Å². The summed E-state index contributed by atoms with van der Waals surface area (Å²) >= 11 is 0. The standard InChI is InChI=1S/C15H26N2O3S/c1-5-16-13(3)14-6-8-15(9-7-14)21(19,20)17(4)11-10-12(2)18/h6-9,12-13,16,18H,5,10-11H2,1-4H3. The number of sulfonamides is 1. The predicted octanol–water partition coefficient (Wildman–Crippen LogP) is 1.75. The Bertz CT molecular complexity index is 526. The van der Waals surface area contributed by atoms with Crippen LogP contribution >= 0.6 is 0 Å². The number of nitrogens with zero attached hydrogens (tertiary/aromatic N) is 1. The molecule has 0 spiro atoms. The van der Waals surface area contributed by atoms with E-state index in [0.717, 1.165) is 12.1 Å². The van der Waals surface area contributed by atoms with Crippen molar-refractivity contribution in [3.63, 3.8) is 0 Å². The largest absolute Gasteiger partial charge is 0.393 e. The third-order valence-corrected chi connectivity index (χ3v) is 5.33. The third kappa shape index (κ3) is 5.07. The van der Waals surface area contributed by atoms with Crippen LogP contribution in [-0.4, -0.2) is 44.1 Å². The molecule has 1 aromatic carbocycles. The van der Waals surface area contributed by atoms with Crippen molar-refractivity contribution in [2.24, 2.45) is 0 Å². The van der Waals surface area contributed by atoms with Gasteiger partial charge in [0.15, 0.2) is 0 Å². The first-order valence-corrected chi connectivity index (χ1v) is 8.70. The fourth-order valence-electron chi connectivity index (χ4n) is 2.02. The van der Waals surface area contributed by atoms with Crippen molar-refractivity contribution in [1.82, 2.24) is 9.62 Å². The van der Waals surface area contributed by atoms with Crippen molar-refractivity contribution < 1.29 is 13.5 Å². The van der Waals surface area contributed by atoms with Crippen LogP contribution in [0.1, 0.15) is 38.8 Å². The van der Waals surface area contributed by atoms with Gasteiger partial charge in [0.05, 0.1) is 11.0 Å². The van der Waals surface area contributed by atoms with E-state index in [2.05, 4.69) is 5.32 Å². The normalized spacial score (nSPS) is 15.1. The number of rotatable bonds is 8. The number of hydrogen-bond donors (Lipinski definition) is 2. The minimum atomic E-state index is -3.49. The van der Waals surface area contributed by atoms with Gasteiger partial charge in [-0.2, -0.15) is 0 Å². The third-order valence-electron chi connectivity index (χ3n) is 3.46. The highest BCUT2D eigenvalue weighted by Gasteiger charge is 2.21. The summed E-state index contributed by atoms with van der Waals surface area (Å²) < 4.78 is 26.0. The zero-order valence-corrected chi connectivity index (χ0v) is 14.0. The van der Waals surface area contributed by atoms with Gasteiger partial charge >= 0.3 is 0 Å². The Morgan fingerprint density at radius 2 is 1.81 bits per heavy atom. The van der Waals surface area contributed by atoms with Crippen LogP contribution in [-0.2, 0) is 10.0 Å². The van der Waals surface area contributed by atoms with Gasteiger partial charge in [-0.15, -0.1) is 0 Å². The highest BCUT2D eigenvalue weighted by Crippen LogP contribution is 2.19. The molecule has 0 saturated heterocycles. The molecule has 1 rings (SSSR count). The van der Waals surface area contributed by atoms with Crippen molar-refractivity contribution in [1.29, 1.82) is 0 Å². The lowest BCUT2D eigenvalue weighted by Gasteiger charge is -2.19. The number of aliphatic hydroxyl groups is 1. The summed E-state index contributed by atoms with van der Waals surface area (Å²) in [5.41, 5.74) is 1.06. The van der Waals surface area contributed by atoms with E-state index in [-0.39, 0.29) is 10.9 Å². The molecule has 0 radical (unpaired) electrons. The van der Waals surface area contributed by atoms with Crippen molar-refractivity contribution in [2.45, 2.75) is 44.2 Å². The summed E-state index contributed by atoms with van der Waals surface area (Å²) in [7, 11) is -1.95. The summed E-state index contributed by atoms with van der Waals surface area (Å²) in [4.78, 5) is 0.281. The average molecular weight is 314 g/mol. The maximum Gasteiger partial charge on any atom is 0.242 e. The minimum Gasteiger partial charge on any atom is -0.393 e. The molecule has 0 aromatic heterocycles. The molecular formula is C15H26N2O3S. The van der Waals surface area contributed by atoms with Gasteiger partial charge < -0.3 is 10.4 Å². The van der Waals surface area contributed by atoms with E-state index in [1.54, 1.807) is 19.1 Å². The highest BCUT2D eigenvalue weighted by molar-refractivity contribution is 7.89. The molecule has 5 nitrogen and oxygen atoms in total. The molecule has 2 unspecified atom stereocenters. The second-order valence-corrected chi connectivity index (χ2v) is 7.36. The van der Waals surface area contributed by atoms with Crippen LogP contribution in [0.2, 0.25) is 0 Å². The first-order valence-electron chi connectivity index (χ1n) is 7.26. The lowest BCUT2D eigenvalue weighted by atomic mass is 10.1.